The first kappa shape index (κ1) is 29.5. The van der Waals surface area contributed by atoms with Gasteiger partial charge in [-0.25, -0.2) is 9.18 Å². The van der Waals surface area contributed by atoms with Gasteiger partial charge in [0.1, 0.15) is 11.8 Å². The lowest BCUT2D eigenvalue weighted by Gasteiger charge is -2.42. The van der Waals surface area contributed by atoms with Gasteiger partial charge in [0.25, 0.3) is 0 Å². The average Bonchev–Trinajstić information content (AvgIpc) is 2.85. The number of piperidine rings is 1. The number of rotatable bonds is 10. The van der Waals surface area contributed by atoms with Crippen LogP contribution in [0.2, 0.25) is 0 Å². The largest absolute Gasteiger partial charge is 0.444 e. The number of benzene rings is 2. The molecule has 1 amide bonds. The molecule has 1 aliphatic heterocycles. The Morgan fingerprint density at radius 3 is 2.29 bits per heavy atom. The normalized spacial score (nSPS) is 17.8. The summed E-state index contributed by atoms with van der Waals surface area (Å²) < 4.78 is 21.1. The molecule has 1 N–H and O–H groups in total. The number of ether oxygens (including phenoxy) is 1. The molecule has 2 aromatic rings. The van der Waals surface area contributed by atoms with E-state index in [1.807, 2.05) is 25.7 Å². The van der Waals surface area contributed by atoms with Crippen LogP contribution in [-0.4, -0.2) is 46.8 Å². The number of hydrogen-bond donors (Lipinski definition) is 1. The van der Waals surface area contributed by atoms with E-state index in [9.17, 15) is 4.79 Å². The molecule has 0 aliphatic carbocycles. The standard InChI is InChI=1S/C32H46FN3O2/c1-23(2)8-11-26-14-16-27(17-15-26)20-34-25(4)36(21-28-12-9-24(3)10-13-28)30-18-19-35(22-29(30)33)31(37)38-32(5,6)7/h9-10,12-17,23,29-30,34H,4,8,11,18-22H2,1-3,5-7H3. The number of carbonyl (C=O) groups is 1. The van der Waals surface area contributed by atoms with Crippen LogP contribution in [-0.2, 0) is 24.2 Å². The molecule has 1 saturated heterocycles. The van der Waals surface area contributed by atoms with Gasteiger partial charge in [-0.1, -0.05) is 74.5 Å². The smallest absolute Gasteiger partial charge is 0.410 e. The number of nitrogens with zero attached hydrogens (tertiary/aromatic N) is 2. The molecular formula is C32H46FN3O2. The molecular weight excluding hydrogens is 477 g/mol. The first-order chi connectivity index (χ1) is 17.9. The predicted molar refractivity (Wildman–Crippen MR) is 153 cm³/mol. The number of likely N-dealkylation sites (tertiary alicyclic amines) is 1. The monoisotopic (exact) mass is 523 g/mol. The molecule has 2 aromatic carbocycles. The molecule has 0 aromatic heterocycles. The van der Waals surface area contributed by atoms with E-state index in [1.165, 1.54) is 22.4 Å². The van der Waals surface area contributed by atoms with Gasteiger partial charge < -0.3 is 19.9 Å². The van der Waals surface area contributed by atoms with Crippen LogP contribution < -0.4 is 5.32 Å². The third-order valence-electron chi connectivity index (χ3n) is 6.91. The van der Waals surface area contributed by atoms with Crippen molar-refractivity contribution in [1.82, 2.24) is 15.1 Å². The summed E-state index contributed by atoms with van der Waals surface area (Å²) in [5, 5.41) is 3.44. The maximum absolute atomic E-state index is 15.6. The number of aryl methyl sites for hydroxylation is 2. The van der Waals surface area contributed by atoms with Crippen LogP contribution in [0, 0.1) is 12.8 Å². The molecule has 1 heterocycles. The topological polar surface area (TPSA) is 44.8 Å². The van der Waals surface area contributed by atoms with Crippen molar-refractivity contribution in [3.05, 3.63) is 83.2 Å². The highest BCUT2D eigenvalue weighted by atomic mass is 19.1. The number of carbonyl (C=O) groups excluding carboxylic acids is 1. The van der Waals surface area contributed by atoms with Crippen LogP contribution in [0.5, 0.6) is 0 Å². The van der Waals surface area contributed by atoms with E-state index in [1.54, 1.807) is 0 Å². The Hall–Kier alpha value is -3.02. The predicted octanol–water partition coefficient (Wildman–Crippen LogP) is 6.99. The zero-order valence-corrected chi connectivity index (χ0v) is 24.1. The van der Waals surface area contributed by atoms with Crippen LogP contribution in [0.4, 0.5) is 9.18 Å². The van der Waals surface area contributed by atoms with E-state index in [0.717, 1.165) is 17.5 Å². The summed E-state index contributed by atoms with van der Waals surface area (Å²) in [6.07, 6.45) is 1.08. The molecule has 3 rings (SSSR count). The minimum Gasteiger partial charge on any atom is -0.444 e. The van der Waals surface area contributed by atoms with Crippen molar-refractivity contribution in [1.29, 1.82) is 0 Å². The summed E-state index contributed by atoms with van der Waals surface area (Å²) in [5.74, 6) is 1.38. The molecule has 0 bridgehead atoms. The summed E-state index contributed by atoms with van der Waals surface area (Å²) in [4.78, 5) is 16.0. The lowest BCUT2D eigenvalue weighted by molar-refractivity contribution is -0.00246. The van der Waals surface area contributed by atoms with E-state index >= 15 is 4.39 Å². The van der Waals surface area contributed by atoms with Gasteiger partial charge >= 0.3 is 6.09 Å². The molecule has 1 aliphatic rings. The lowest BCUT2D eigenvalue weighted by atomic mass is 10.00. The Balaban J connectivity index is 1.68. The summed E-state index contributed by atoms with van der Waals surface area (Å²) >= 11 is 0. The van der Waals surface area contributed by atoms with Crippen LogP contribution in [0.3, 0.4) is 0 Å². The second kappa shape index (κ2) is 13.2. The van der Waals surface area contributed by atoms with Crippen molar-refractivity contribution >= 4 is 6.09 Å². The highest BCUT2D eigenvalue weighted by Crippen LogP contribution is 2.26. The van der Waals surface area contributed by atoms with Gasteiger partial charge in [-0.05, 0) is 69.6 Å². The molecule has 2 atom stereocenters. The zero-order chi connectivity index (χ0) is 27.9. The third kappa shape index (κ3) is 9.07. The van der Waals surface area contributed by atoms with E-state index < -0.39 is 23.9 Å². The lowest BCUT2D eigenvalue weighted by Crippen LogP contribution is -2.55. The van der Waals surface area contributed by atoms with Crippen LogP contribution >= 0.6 is 0 Å². The SMILES string of the molecule is C=C(NCc1ccc(CCC(C)C)cc1)N(Cc1ccc(C)cc1)C1CCN(C(=O)OC(C)(C)C)CC1F. The summed E-state index contributed by atoms with van der Waals surface area (Å²) in [7, 11) is 0. The van der Waals surface area contributed by atoms with Crippen molar-refractivity contribution in [2.24, 2.45) is 5.92 Å². The molecule has 2 unspecified atom stereocenters. The van der Waals surface area contributed by atoms with Gasteiger partial charge in [0.05, 0.1) is 18.4 Å². The summed E-state index contributed by atoms with van der Waals surface area (Å²) in [6, 6.07) is 16.6. The summed E-state index contributed by atoms with van der Waals surface area (Å²) in [6.45, 7) is 17.9. The molecule has 208 valence electrons. The molecule has 38 heavy (non-hydrogen) atoms. The molecule has 1 fully saturated rings. The molecule has 0 radical (unpaired) electrons. The minimum atomic E-state index is -1.22. The van der Waals surface area contributed by atoms with Crippen LogP contribution in [0.15, 0.2) is 60.9 Å². The maximum Gasteiger partial charge on any atom is 0.410 e. The van der Waals surface area contributed by atoms with Crippen LogP contribution in [0.25, 0.3) is 0 Å². The van der Waals surface area contributed by atoms with Crippen molar-refractivity contribution in [3.8, 4) is 0 Å². The maximum atomic E-state index is 15.6. The zero-order valence-electron chi connectivity index (χ0n) is 24.1. The number of nitrogens with one attached hydrogen (secondary N) is 1. The Morgan fingerprint density at radius 2 is 1.71 bits per heavy atom. The van der Waals surface area contributed by atoms with E-state index in [0.29, 0.717) is 37.8 Å². The Morgan fingerprint density at radius 1 is 1.11 bits per heavy atom. The fourth-order valence-electron chi connectivity index (χ4n) is 4.62. The van der Waals surface area contributed by atoms with E-state index in [2.05, 4.69) is 81.2 Å². The average molecular weight is 524 g/mol. The van der Waals surface area contributed by atoms with Gasteiger partial charge in [0.2, 0.25) is 0 Å². The Kier molecular flexibility index (Phi) is 10.2. The number of hydrogen-bond acceptors (Lipinski definition) is 4. The van der Waals surface area contributed by atoms with Gasteiger partial charge in [0.15, 0.2) is 0 Å². The highest BCUT2D eigenvalue weighted by Gasteiger charge is 2.37. The van der Waals surface area contributed by atoms with Crippen LogP contribution in [0.1, 0.15) is 69.7 Å². The van der Waals surface area contributed by atoms with Gasteiger partial charge in [-0.2, -0.15) is 0 Å². The van der Waals surface area contributed by atoms with Gasteiger partial charge in [0, 0.05) is 19.6 Å². The second-order valence-electron chi connectivity index (χ2n) is 12.0. The van der Waals surface area contributed by atoms with E-state index in [4.69, 9.17) is 4.74 Å². The molecule has 0 spiro atoms. The van der Waals surface area contributed by atoms with Gasteiger partial charge in [-0.3, -0.25) is 0 Å². The number of amides is 1. The van der Waals surface area contributed by atoms with Crippen molar-refractivity contribution in [2.75, 3.05) is 13.1 Å². The number of halogens is 1. The molecule has 6 heteroatoms. The fourth-order valence-corrected chi connectivity index (χ4v) is 4.62. The quantitative estimate of drug-likeness (QED) is 0.364. The fraction of sp³-hybridized carbons (Fsp3) is 0.531. The minimum absolute atomic E-state index is 0.00902. The highest BCUT2D eigenvalue weighted by molar-refractivity contribution is 5.68. The first-order valence-electron chi connectivity index (χ1n) is 13.9. The van der Waals surface area contributed by atoms with Crippen molar-refractivity contribution < 1.29 is 13.9 Å². The Bertz CT molecular complexity index is 1040. The summed E-state index contributed by atoms with van der Waals surface area (Å²) in [5.41, 5.74) is 4.17. The van der Waals surface area contributed by atoms with Gasteiger partial charge in [-0.15, -0.1) is 0 Å². The van der Waals surface area contributed by atoms with Crippen molar-refractivity contribution in [3.63, 3.8) is 0 Å². The first-order valence-corrected chi connectivity index (χ1v) is 13.9. The molecule has 0 saturated carbocycles. The third-order valence-corrected chi connectivity index (χ3v) is 6.91. The second-order valence-corrected chi connectivity index (χ2v) is 12.0. The molecule has 5 nitrogen and oxygen atoms in total. The Labute approximate surface area is 229 Å². The van der Waals surface area contributed by atoms with Crippen molar-refractivity contribution in [2.45, 2.75) is 91.7 Å². The van der Waals surface area contributed by atoms with E-state index in [-0.39, 0.29) is 6.54 Å². The number of alkyl halides is 1.